The SMILES string of the molecule is C=C1[C](=[V])C[C@H](O[C@H]2C[C@](O)(C(=C)C)Cc3c(O)c4c(c(O)c32)C(=O)c2c(OC)cccc2C4=O)O[C@H]1C. The van der Waals surface area contributed by atoms with E-state index in [1.807, 2.05) is 6.92 Å². The second-order valence-electron chi connectivity index (χ2n) is 10.1. The van der Waals surface area contributed by atoms with Gasteiger partial charge in [0.2, 0.25) is 0 Å². The molecule has 197 valence electrons. The first-order chi connectivity index (χ1) is 17.9. The van der Waals surface area contributed by atoms with Gasteiger partial charge in [-0.25, -0.2) is 0 Å². The number of rotatable bonds is 4. The fourth-order valence-corrected chi connectivity index (χ4v) is 6.02. The van der Waals surface area contributed by atoms with Crippen molar-refractivity contribution in [1.29, 1.82) is 0 Å². The summed E-state index contributed by atoms with van der Waals surface area (Å²) in [7, 11) is 1.38. The number of phenolic OH excluding ortho intramolecular Hbond substituents is 2. The van der Waals surface area contributed by atoms with Gasteiger partial charge in [-0.1, -0.05) is 6.07 Å². The summed E-state index contributed by atoms with van der Waals surface area (Å²) in [4.78, 5) is 27.3. The van der Waals surface area contributed by atoms with Crippen LogP contribution in [0.1, 0.15) is 75.8 Å². The number of fused-ring (bicyclic) bond motifs is 3. The zero-order valence-electron chi connectivity index (χ0n) is 21.3. The Labute approximate surface area is 229 Å². The van der Waals surface area contributed by atoms with Gasteiger partial charge in [0.25, 0.3) is 0 Å². The number of methoxy groups -OCH3 is 1. The third kappa shape index (κ3) is 3.91. The summed E-state index contributed by atoms with van der Waals surface area (Å²) in [5.41, 5.74) is -0.531. The third-order valence-electron chi connectivity index (χ3n) is 7.76. The Balaban J connectivity index is 1.70. The van der Waals surface area contributed by atoms with Crippen molar-refractivity contribution < 1.29 is 56.1 Å². The first kappa shape index (κ1) is 26.6. The molecule has 1 heterocycles. The number of carbonyl (C=O) groups is 2. The van der Waals surface area contributed by atoms with Crippen LogP contribution in [0.2, 0.25) is 0 Å². The average Bonchev–Trinajstić information content (AvgIpc) is 2.87. The molecule has 0 spiro atoms. The van der Waals surface area contributed by atoms with Crippen molar-refractivity contribution in [3.05, 3.63) is 75.9 Å². The predicted octanol–water partition coefficient (Wildman–Crippen LogP) is 3.60. The molecule has 38 heavy (non-hydrogen) atoms. The van der Waals surface area contributed by atoms with E-state index in [0.717, 1.165) is 9.80 Å². The number of hydrogen-bond acceptors (Lipinski definition) is 8. The van der Waals surface area contributed by atoms with Crippen LogP contribution in [-0.2, 0) is 32.9 Å². The number of aromatic hydroxyl groups is 2. The van der Waals surface area contributed by atoms with Crippen LogP contribution < -0.4 is 4.74 Å². The van der Waals surface area contributed by atoms with E-state index in [-0.39, 0.29) is 58.1 Å². The Kier molecular flexibility index (Phi) is 6.53. The molecule has 0 unspecified atom stereocenters. The molecule has 2 aliphatic carbocycles. The van der Waals surface area contributed by atoms with Gasteiger partial charge in [-0.05, 0) is 0 Å². The topological polar surface area (TPSA) is 123 Å². The standard InChI is InChI=1S/C29H28O8.V/c1-13(2)29(34)11-17-22(19(12-29)37-20-10-9-14(3)15(4)36-20)28(33)24-23(26(17)31)25(30)16-7-6-8-18(35-5)21(16)27(24)32;/h6-8,15,19-20,31,33-34H,1,3,10-12H2,2,4-5H3;/t15-,19-,20-,29-;/m0./s1. The van der Waals surface area contributed by atoms with Crippen molar-refractivity contribution in [2.24, 2.45) is 0 Å². The van der Waals surface area contributed by atoms with Gasteiger partial charge in [0.15, 0.2) is 0 Å². The van der Waals surface area contributed by atoms with Crippen LogP contribution in [0.3, 0.4) is 0 Å². The van der Waals surface area contributed by atoms with Crippen molar-refractivity contribution in [3.63, 3.8) is 0 Å². The number of ether oxygens (including phenoxy) is 3. The normalized spacial score (nSPS) is 26.4. The Hall–Kier alpha value is -3.01. The van der Waals surface area contributed by atoms with Gasteiger partial charge in [-0.2, -0.15) is 0 Å². The molecule has 0 saturated carbocycles. The number of aliphatic hydroxyl groups is 1. The van der Waals surface area contributed by atoms with Gasteiger partial charge in [-0.15, -0.1) is 0 Å². The maximum absolute atomic E-state index is 13.7. The van der Waals surface area contributed by atoms with Crippen LogP contribution in [-0.4, -0.2) is 56.2 Å². The van der Waals surface area contributed by atoms with Crippen molar-refractivity contribution in [2.75, 3.05) is 7.11 Å². The summed E-state index contributed by atoms with van der Waals surface area (Å²) in [6, 6.07) is 4.60. The number of ketones is 2. The van der Waals surface area contributed by atoms with Crippen LogP contribution in [0.4, 0.5) is 0 Å². The number of hydrogen-bond donors (Lipinski definition) is 3. The second kappa shape index (κ2) is 9.33. The zero-order valence-corrected chi connectivity index (χ0v) is 22.7. The summed E-state index contributed by atoms with van der Waals surface area (Å²) < 4.78 is 18.5. The quantitative estimate of drug-likeness (QED) is 0.330. The molecular formula is C29H28O8V. The van der Waals surface area contributed by atoms with Gasteiger partial charge in [0, 0.05) is 0 Å². The molecule has 0 aromatic heterocycles. The molecule has 3 aliphatic rings. The second-order valence-corrected chi connectivity index (χ2v) is 10.9. The Morgan fingerprint density at radius 1 is 1.16 bits per heavy atom. The Bertz CT molecular complexity index is 1460. The zero-order chi connectivity index (χ0) is 27.7. The molecule has 0 radical (unpaired) electrons. The van der Waals surface area contributed by atoms with E-state index in [1.165, 1.54) is 13.2 Å². The van der Waals surface area contributed by atoms with Crippen molar-refractivity contribution in [2.45, 2.75) is 57.2 Å². The molecule has 1 saturated heterocycles. The minimum absolute atomic E-state index is 0.00768. The first-order valence-electron chi connectivity index (χ1n) is 12.2. The van der Waals surface area contributed by atoms with E-state index in [0.29, 0.717) is 12.0 Å². The molecular weight excluding hydrogens is 527 g/mol. The van der Waals surface area contributed by atoms with Crippen LogP contribution in [0.5, 0.6) is 17.2 Å². The van der Waals surface area contributed by atoms with Crippen LogP contribution in [0, 0.1) is 0 Å². The van der Waals surface area contributed by atoms with E-state index < -0.39 is 41.1 Å². The summed E-state index contributed by atoms with van der Waals surface area (Å²) in [6.07, 6.45) is -1.79. The monoisotopic (exact) mass is 555 g/mol. The molecule has 1 fully saturated rings. The molecule has 2 aromatic rings. The van der Waals surface area contributed by atoms with E-state index in [9.17, 15) is 24.9 Å². The molecule has 8 nitrogen and oxygen atoms in total. The maximum atomic E-state index is 13.7. The van der Waals surface area contributed by atoms with Crippen LogP contribution in [0.25, 0.3) is 0 Å². The summed E-state index contributed by atoms with van der Waals surface area (Å²) >= 11 is 2.46. The molecule has 1 aliphatic heterocycles. The molecule has 9 heteroatoms. The number of carbonyl (C=O) groups excluding carboxylic acids is 2. The van der Waals surface area contributed by atoms with E-state index in [4.69, 9.17) is 14.2 Å². The molecule has 0 bridgehead atoms. The van der Waals surface area contributed by atoms with Crippen LogP contribution >= 0.6 is 0 Å². The molecule has 4 atom stereocenters. The summed E-state index contributed by atoms with van der Waals surface area (Å²) in [5.74, 6) is -2.04. The van der Waals surface area contributed by atoms with Gasteiger partial charge in [-0.3, -0.25) is 0 Å². The van der Waals surface area contributed by atoms with Crippen molar-refractivity contribution in [1.82, 2.24) is 0 Å². The van der Waals surface area contributed by atoms with Gasteiger partial charge in [0.05, 0.1) is 7.11 Å². The fraction of sp³-hybridized carbons (Fsp3) is 0.345. The van der Waals surface area contributed by atoms with Gasteiger partial charge < -0.3 is 0 Å². The van der Waals surface area contributed by atoms with Crippen molar-refractivity contribution >= 4 is 15.8 Å². The van der Waals surface area contributed by atoms with Gasteiger partial charge in [0.1, 0.15) is 0 Å². The van der Waals surface area contributed by atoms with E-state index in [1.54, 1.807) is 19.1 Å². The molecule has 3 N–H and O–H groups in total. The van der Waals surface area contributed by atoms with E-state index >= 15 is 0 Å². The number of phenols is 2. The van der Waals surface area contributed by atoms with Gasteiger partial charge >= 0.3 is 216 Å². The summed E-state index contributed by atoms with van der Waals surface area (Å²) in [6.45, 7) is 11.5. The van der Waals surface area contributed by atoms with Crippen molar-refractivity contribution in [3.8, 4) is 17.2 Å². The van der Waals surface area contributed by atoms with E-state index in [2.05, 4.69) is 30.1 Å². The summed E-state index contributed by atoms with van der Waals surface area (Å²) in [5, 5.41) is 34.5. The Morgan fingerprint density at radius 3 is 2.47 bits per heavy atom. The molecule has 5 rings (SSSR count). The Morgan fingerprint density at radius 2 is 1.84 bits per heavy atom. The molecule has 2 aromatic carbocycles. The third-order valence-corrected chi connectivity index (χ3v) is 8.50. The van der Waals surface area contributed by atoms with Crippen LogP contribution in [0.15, 0.2) is 42.5 Å². The molecule has 0 amide bonds. The average molecular weight is 555 g/mol. The number of benzene rings is 2. The first-order valence-corrected chi connectivity index (χ1v) is 12.9. The predicted molar refractivity (Wildman–Crippen MR) is 135 cm³/mol. The minimum atomic E-state index is -1.50. The fourth-order valence-electron chi connectivity index (χ4n) is 5.50.